The number of carbonyl (C=O) groups excluding carboxylic acids is 2. The monoisotopic (exact) mass is 335 g/mol. The molecule has 7 nitrogen and oxygen atoms in total. The van der Waals surface area contributed by atoms with Crippen LogP contribution in [0.3, 0.4) is 0 Å². The van der Waals surface area contributed by atoms with Crippen molar-refractivity contribution in [2.45, 2.75) is 19.9 Å². The summed E-state index contributed by atoms with van der Waals surface area (Å²) >= 11 is 0. The molecule has 0 fully saturated rings. The maximum atomic E-state index is 12.0. The van der Waals surface area contributed by atoms with Crippen LogP contribution in [0, 0.1) is 0 Å². The van der Waals surface area contributed by atoms with Gasteiger partial charge in [0.2, 0.25) is 11.8 Å². The number of ether oxygens (including phenoxy) is 2. The zero-order chi connectivity index (χ0) is 17.5. The van der Waals surface area contributed by atoms with E-state index in [4.69, 9.17) is 9.47 Å². The first-order valence-corrected chi connectivity index (χ1v) is 8.06. The van der Waals surface area contributed by atoms with Crippen LogP contribution in [-0.2, 0) is 22.6 Å². The van der Waals surface area contributed by atoms with Gasteiger partial charge in [-0.05, 0) is 36.6 Å². The van der Waals surface area contributed by atoms with Crippen LogP contribution in [0.15, 0.2) is 12.1 Å². The predicted octanol–water partition coefficient (Wildman–Crippen LogP) is 0.314. The largest absolute Gasteiger partial charge is 0.493 e. The maximum Gasteiger partial charge on any atom is 0.239 e. The average Bonchev–Trinajstić information content (AvgIpc) is 2.59. The average molecular weight is 335 g/mol. The summed E-state index contributed by atoms with van der Waals surface area (Å²) in [5.74, 6) is 1.10. The van der Waals surface area contributed by atoms with Gasteiger partial charge in [-0.25, -0.2) is 0 Å². The van der Waals surface area contributed by atoms with E-state index in [0.717, 1.165) is 24.3 Å². The van der Waals surface area contributed by atoms with Crippen LogP contribution in [0.2, 0.25) is 0 Å². The lowest BCUT2D eigenvalue weighted by atomic mass is 9.99. The third-order valence-corrected chi connectivity index (χ3v) is 3.98. The van der Waals surface area contributed by atoms with Crippen molar-refractivity contribution in [3.63, 3.8) is 0 Å². The fourth-order valence-electron chi connectivity index (χ4n) is 2.77. The third-order valence-electron chi connectivity index (χ3n) is 3.98. The van der Waals surface area contributed by atoms with Crippen molar-refractivity contribution in [2.75, 3.05) is 40.4 Å². The Morgan fingerprint density at radius 3 is 2.38 bits per heavy atom. The lowest BCUT2D eigenvalue weighted by Gasteiger charge is -2.29. The van der Waals surface area contributed by atoms with Crippen molar-refractivity contribution < 1.29 is 19.1 Å². The number of nitrogens with one attached hydrogen (secondary N) is 2. The smallest absolute Gasteiger partial charge is 0.239 e. The fraction of sp³-hybridized carbons (Fsp3) is 0.529. The lowest BCUT2D eigenvalue weighted by Crippen LogP contribution is -2.43. The van der Waals surface area contributed by atoms with Crippen molar-refractivity contribution in [1.82, 2.24) is 15.5 Å². The first-order valence-electron chi connectivity index (χ1n) is 8.06. The van der Waals surface area contributed by atoms with E-state index in [1.54, 1.807) is 14.2 Å². The normalized spacial score (nSPS) is 13.8. The molecule has 132 valence electrons. The number of rotatable bonds is 7. The molecular formula is C17H25N3O4. The zero-order valence-corrected chi connectivity index (χ0v) is 14.5. The van der Waals surface area contributed by atoms with Crippen LogP contribution in [0.5, 0.6) is 11.5 Å². The Balaban J connectivity index is 1.92. The number of fused-ring (bicyclic) bond motifs is 1. The summed E-state index contributed by atoms with van der Waals surface area (Å²) < 4.78 is 10.7. The predicted molar refractivity (Wildman–Crippen MR) is 90.2 cm³/mol. The molecule has 24 heavy (non-hydrogen) atoms. The van der Waals surface area contributed by atoms with Crippen LogP contribution >= 0.6 is 0 Å². The maximum absolute atomic E-state index is 12.0. The number of benzene rings is 1. The first kappa shape index (κ1) is 18.1. The number of methoxy groups -OCH3 is 2. The number of nitrogens with zero attached hydrogens (tertiary/aromatic N) is 1. The van der Waals surface area contributed by atoms with Gasteiger partial charge in [0.05, 0.1) is 27.3 Å². The highest BCUT2D eigenvalue weighted by Gasteiger charge is 2.21. The van der Waals surface area contributed by atoms with Gasteiger partial charge < -0.3 is 20.1 Å². The van der Waals surface area contributed by atoms with Gasteiger partial charge in [-0.1, -0.05) is 0 Å². The van der Waals surface area contributed by atoms with Crippen molar-refractivity contribution in [3.05, 3.63) is 23.3 Å². The third kappa shape index (κ3) is 4.61. The van der Waals surface area contributed by atoms with Crippen molar-refractivity contribution in [1.29, 1.82) is 0 Å². The number of hydrogen-bond donors (Lipinski definition) is 2. The Morgan fingerprint density at radius 2 is 1.75 bits per heavy atom. The minimum Gasteiger partial charge on any atom is -0.493 e. The lowest BCUT2D eigenvalue weighted by molar-refractivity contribution is -0.126. The minimum absolute atomic E-state index is 0.0160. The van der Waals surface area contributed by atoms with Crippen molar-refractivity contribution in [2.24, 2.45) is 0 Å². The molecule has 2 rings (SSSR count). The molecule has 1 aliphatic rings. The number of hydrogen-bond acceptors (Lipinski definition) is 5. The van der Waals surface area contributed by atoms with Crippen molar-refractivity contribution in [3.8, 4) is 11.5 Å². The topological polar surface area (TPSA) is 79.9 Å². The highest BCUT2D eigenvalue weighted by molar-refractivity contribution is 5.85. The molecule has 2 N–H and O–H groups in total. The quantitative estimate of drug-likeness (QED) is 0.750. The van der Waals surface area contributed by atoms with Crippen molar-refractivity contribution >= 4 is 11.8 Å². The molecule has 0 saturated heterocycles. The van der Waals surface area contributed by atoms with E-state index in [2.05, 4.69) is 15.5 Å². The number of likely N-dealkylation sites (N-methyl/N-ethyl adjacent to an activating group) is 1. The fourth-order valence-corrected chi connectivity index (χ4v) is 2.77. The molecule has 1 aliphatic heterocycles. The molecule has 0 radical (unpaired) electrons. The molecule has 0 atom stereocenters. The van der Waals surface area contributed by atoms with Crippen LogP contribution in [0.25, 0.3) is 0 Å². The standard InChI is InChI=1S/C17H25N3O4/c1-4-18-16(21)9-19-17(22)11-20-6-5-12-7-14(23-2)15(24-3)8-13(12)10-20/h7-8H,4-6,9-11H2,1-3H3,(H,18,21)(H,19,22). The second-order valence-corrected chi connectivity index (χ2v) is 5.67. The molecule has 7 heteroatoms. The highest BCUT2D eigenvalue weighted by atomic mass is 16.5. The molecule has 0 spiro atoms. The van der Waals surface area contributed by atoms with Gasteiger partial charge in [0, 0.05) is 19.6 Å². The highest BCUT2D eigenvalue weighted by Crippen LogP contribution is 2.33. The second-order valence-electron chi connectivity index (χ2n) is 5.67. The molecular weight excluding hydrogens is 310 g/mol. The SMILES string of the molecule is CCNC(=O)CNC(=O)CN1CCc2cc(OC)c(OC)cc2C1. The van der Waals surface area contributed by atoms with Gasteiger partial charge in [0.25, 0.3) is 0 Å². The van der Waals surface area contributed by atoms with E-state index in [0.29, 0.717) is 18.8 Å². The molecule has 0 aromatic heterocycles. The van der Waals surface area contributed by atoms with Gasteiger partial charge in [-0.3, -0.25) is 14.5 Å². The van der Waals surface area contributed by atoms with Gasteiger partial charge in [0.15, 0.2) is 11.5 Å². The molecule has 1 aromatic rings. The molecule has 1 aromatic carbocycles. The molecule has 0 aliphatic carbocycles. The van der Waals surface area contributed by atoms with E-state index in [1.165, 1.54) is 5.56 Å². The summed E-state index contributed by atoms with van der Waals surface area (Å²) in [6.45, 7) is 4.15. The molecule has 0 saturated carbocycles. The van der Waals surface area contributed by atoms with Gasteiger partial charge in [0.1, 0.15) is 0 Å². The summed E-state index contributed by atoms with van der Waals surface area (Å²) in [5.41, 5.74) is 2.35. The summed E-state index contributed by atoms with van der Waals surface area (Å²) in [6, 6.07) is 3.97. The summed E-state index contributed by atoms with van der Waals surface area (Å²) in [4.78, 5) is 25.4. The van der Waals surface area contributed by atoms with E-state index in [1.807, 2.05) is 19.1 Å². The molecule has 0 unspecified atom stereocenters. The molecule has 2 amide bonds. The number of amides is 2. The van der Waals surface area contributed by atoms with E-state index < -0.39 is 0 Å². The van der Waals surface area contributed by atoms with Gasteiger partial charge >= 0.3 is 0 Å². The Hall–Kier alpha value is -2.28. The summed E-state index contributed by atoms with van der Waals surface area (Å²) in [7, 11) is 3.23. The Bertz CT molecular complexity index is 604. The van der Waals surface area contributed by atoms with E-state index >= 15 is 0 Å². The summed E-state index contributed by atoms with van der Waals surface area (Å²) in [6.07, 6.45) is 0.847. The van der Waals surface area contributed by atoms with Crippen LogP contribution in [0.1, 0.15) is 18.1 Å². The minimum atomic E-state index is -0.174. The zero-order valence-electron chi connectivity index (χ0n) is 14.5. The first-order chi connectivity index (χ1) is 11.6. The van der Waals surface area contributed by atoms with E-state index in [-0.39, 0.29) is 24.9 Å². The van der Waals surface area contributed by atoms with Crippen LogP contribution < -0.4 is 20.1 Å². The Morgan fingerprint density at radius 1 is 1.08 bits per heavy atom. The van der Waals surface area contributed by atoms with Crippen LogP contribution in [-0.4, -0.2) is 57.1 Å². The Labute approximate surface area is 142 Å². The molecule has 0 bridgehead atoms. The molecule has 1 heterocycles. The van der Waals surface area contributed by atoms with Gasteiger partial charge in [-0.2, -0.15) is 0 Å². The van der Waals surface area contributed by atoms with E-state index in [9.17, 15) is 9.59 Å². The Kier molecular flexibility index (Phi) is 6.43. The van der Waals surface area contributed by atoms with Gasteiger partial charge in [-0.15, -0.1) is 0 Å². The second kappa shape index (κ2) is 8.54. The van der Waals surface area contributed by atoms with Crippen LogP contribution in [0.4, 0.5) is 0 Å². The number of carbonyl (C=O) groups is 2. The summed E-state index contributed by atoms with van der Waals surface area (Å²) in [5, 5.41) is 5.29.